The lowest BCUT2D eigenvalue weighted by Crippen LogP contribution is -2.24. The summed E-state index contributed by atoms with van der Waals surface area (Å²) < 4.78 is 1.66. The minimum Gasteiger partial charge on any atom is -0.351 e. The molecule has 0 fully saturated rings. The second-order valence-electron chi connectivity index (χ2n) is 6.19. The first-order chi connectivity index (χ1) is 12.5. The Hall–Kier alpha value is -2.67. The van der Waals surface area contributed by atoms with Gasteiger partial charge in [0.1, 0.15) is 0 Å². The third-order valence-electron chi connectivity index (χ3n) is 4.12. The third kappa shape index (κ3) is 4.49. The van der Waals surface area contributed by atoms with Crippen LogP contribution in [0.5, 0.6) is 0 Å². The molecule has 1 amide bonds. The van der Waals surface area contributed by atoms with E-state index in [9.17, 15) is 4.79 Å². The lowest BCUT2D eigenvalue weighted by molar-refractivity contribution is -0.118. The molecule has 0 saturated heterocycles. The Morgan fingerprint density at radius 3 is 2.58 bits per heavy atom. The molecule has 0 aliphatic carbocycles. The van der Waals surface area contributed by atoms with Crippen molar-refractivity contribution in [3.63, 3.8) is 0 Å². The van der Waals surface area contributed by atoms with Crippen molar-refractivity contribution < 1.29 is 4.79 Å². The van der Waals surface area contributed by atoms with Gasteiger partial charge in [-0.25, -0.2) is 0 Å². The molecular formula is C19H21N5OS. The molecular weight excluding hydrogens is 346 g/mol. The van der Waals surface area contributed by atoms with Crippen LogP contribution in [0.4, 0.5) is 0 Å². The molecule has 3 aromatic rings. The Bertz CT molecular complexity index is 905. The van der Waals surface area contributed by atoms with Crippen molar-refractivity contribution in [2.45, 2.75) is 32.5 Å². The van der Waals surface area contributed by atoms with Gasteiger partial charge >= 0.3 is 0 Å². The van der Waals surface area contributed by atoms with Gasteiger partial charge in [-0.1, -0.05) is 47.7 Å². The van der Waals surface area contributed by atoms with Crippen molar-refractivity contribution in [3.8, 4) is 5.69 Å². The number of hydrogen-bond donors (Lipinski definition) is 1. The van der Waals surface area contributed by atoms with Crippen LogP contribution < -0.4 is 5.32 Å². The predicted octanol–water partition coefficient (Wildman–Crippen LogP) is 3.00. The number of hydrogen-bond acceptors (Lipinski definition) is 5. The van der Waals surface area contributed by atoms with Crippen molar-refractivity contribution in [1.29, 1.82) is 0 Å². The van der Waals surface area contributed by atoms with E-state index in [0.29, 0.717) is 11.7 Å². The predicted molar refractivity (Wildman–Crippen MR) is 102 cm³/mol. The summed E-state index contributed by atoms with van der Waals surface area (Å²) in [6.45, 7) is 6.67. The van der Waals surface area contributed by atoms with E-state index in [1.807, 2.05) is 49.4 Å². The number of carbonyl (C=O) groups is 1. The third-order valence-corrected chi connectivity index (χ3v) is 5.04. The van der Waals surface area contributed by atoms with E-state index in [2.05, 4.69) is 34.7 Å². The van der Waals surface area contributed by atoms with Crippen molar-refractivity contribution >= 4 is 17.7 Å². The molecule has 26 heavy (non-hydrogen) atoms. The van der Waals surface area contributed by atoms with E-state index >= 15 is 0 Å². The van der Waals surface area contributed by atoms with E-state index < -0.39 is 0 Å². The lowest BCUT2D eigenvalue weighted by Gasteiger charge is -2.07. The summed E-state index contributed by atoms with van der Waals surface area (Å²) in [5.41, 5.74) is 5.56. The largest absolute Gasteiger partial charge is 0.351 e. The molecule has 0 spiro atoms. The SMILES string of the molecule is Cc1ccc(CNC(=O)CSc2nnnn2-c2ccc(C)c(C)c2)cc1. The molecule has 0 bridgehead atoms. The molecule has 0 unspecified atom stereocenters. The van der Waals surface area contributed by atoms with Gasteiger partial charge in [-0.2, -0.15) is 4.68 Å². The van der Waals surface area contributed by atoms with E-state index in [-0.39, 0.29) is 11.7 Å². The Morgan fingerprint density at radius 2 is 1.85 bits per heavy atom. The number of carbonyl (C=O) groups excluding carboxylic acids is 1. The maximum absolute atomic E-state index is 12.1. The van der Waals surface area contributed by atoms with Crippen LogP contribution in [0.1, 0.15) is 22.3 Å². The van der Waals surface area contributed by atoms with Crippen molar-refractivity contribution in [1.82, 2.24) is 25.5 Å². The van der Waals surface area contributed by atoms with Gasteiger partial charge in [0.05, 0.1) is 11.4 Å². The zero-order valence-electron chi connectivity index (χ0n) is 15.1. The number of tetrazole rings is 1. The van der Waals surface area contributed by atoms with Gasteiger partial charge in [0, 0.05) is 6.54 Å². The molecule has 2 aromatic carbocycles. The zero-order valence-corrected chi connectivity index (χ0v) is 15.9. The van der Waals surface area contributed by atoms with Crippen LogP contribution in [0.3, 0.4) is 0 Å². The number of amides is 1. The summed E-state index contributed by atoms with van der Waals surface area (Å²) >= 11 is 1.32. The highest BCUT2D eigenvalue weighted by molar-refractivity contribution is 7.99. The van der Waals surface area contributed by atoms with Gasteiger partial charge in [0.2, 0.25) is 11.1 Å². The van der Waals surface area contributed by atoms with Crippen LogP contribution in [0.25, 0.3) is 5.69 Å². The number of nitrogens with one attached hydrogen (secondary N) is 1. The molecule has 0 aliphatic rings. The van der Waals surface area contributed by atoms with E-state index in [1.54, 1.807) is 4.68 Å². The van der Waals surface area contributed by atoms with Gasteiger partial charge in [-0.05, 0) is 60.0 Å². The number of thioether (sulfide) groups is 1. The number of aromatic nitrogens is 4. The summed E-state index contributed by atoms with van der Waals surface area (Å²) in [6, 6.07) is 14.1. The van der Waals surface area contributed by atoms with Crippen LogP contribution in [0.2, 0.25) is 0 Å². The Labute approximate surface area is 157 Å². The van der Waals surface area contributed by atoms with Gasteiger partial charge in [-0.15, -0.1) is 5.10 Å². The molecule has 6 nitrogen and oxygen atoms in total. The molecule has 1 N–H and O–H groups in total. The molecule has 134 valence electrons. The molecule has 0 saturated carbocycles. The summed E-state index contributed by atoms with van der Waals surface area (Å²) in [5.74, 6) is 0.210. The smallest absolute Gasteiger partial charge is 0.230 e. The molecule has 3 rings (SSSR count). The summed E-state index contributed by atoms with van der Waals surface area (Å²) in [4.78, 5) is 12.1. The first-order valence-electron chi connectivity index (χ1n) is 8.34. The van der Waals surface area contributed by atoms with Gasteiger partial charge in [-0.3, -0.25) is 4.79 Å². The number of benzene rings is 2. The number of rotatable bonds is 6. The Balaban J connectivity index is 1.58. The maximum atomic E-state index is 12.1. The first kappa shape index (κ1) is 18.1. The molecule has 7 heteroatoms. The van der Waals surface area contributed by atoms with Crippen LogP contribution in [-0.2, 0) is 11.3 Å². The summed E-state index contributed by atoms with van der Waals surface area (Å²) in [7, 11) is 0. The quantitative estimate of drug-likeness (QED) is 0.678. The average molecular weight is 367 g/mol. The monoisotopic (exact) mass is 367 g/mol. The topological polar surface area (TPSA) is 72.7 Å². The van der Waals surface area contributed by atoms with Crippen molar-refractivity contribution in [2.75, 3.05) is 5.75 Å². The maximum Gasteiger partial charge on any atom is 0.230 e. The normalized spacial score (nSPS) is 10.7. The van der Waals surface area contributed by atoms with Crippen LogP contribution in [0, 0.1) is 20.8 Å². The highest BCUT2D eigenvalue weighted by Crippen LogP contribution is 2.20. The van der Waals surface area contributed by atoms with Crippen LogP contribution in [0.15, 0.2) is 47.6 Å². The second-order valence-corrected chi connectivity index (χ2v) is 7.14. The van der Waals surface area contributed by atoms with Gasteiger partial charge < -0.3 is 5.32 Å². The Morgan fingerprint density at radius 1 is 1.08 bits per heavy atom. The Kier molecular flexibility index (Phi) is 5.68. The zero-order chi connectivity index (χ0) is 18.5. The fourth-order valence-corrected chi connectivity index (χ4v) is 3.10. The minimum absolute atomic E-state index is 0.0507. The van der Waals surface area contributed by atoms with E-state index in [4.69, 9.17) is 0 Å². The molecule has 0 radical (unpaired) electrons. The highest BCUT2D eigenvalue weighted by atomic mass is 32.2. The fourth-order valence-electron chi connectivity index (χ4n) is 2.38. The highest BCUT2D eigenvalue weighted by Gasteiger charge is 2.12. The second kappa shape index (κ2) is 8.14. The number of aryl methyl sites for hydroxylation is 3. The average Bonchev–Trinajstić information content (AvgIpc) is 3.10. The molecule has 0 atom stereocenters. The lowest BCUT2D eigenvalue weighted by atomic mass is 10.1. The minimum atomic E-state index is -0.0507. The van der Waals surface area contributed by atoms with E-state index in [1.165, 1.54) is 28.5 Å². The number of nitrogens with zero attached hydrogens (tertiary/aromatic N) is 4. The molecule has 0 aliphatic heterocycles. The van der Waals surface area contributed by atoms with E-state index in [0.717, 1.165) is 11.3 Å². The van der Waals surface area contributed by atoms with Crippen molar-refractivity contribution in [2.24, 2.45) is 0 Å². The molecule has 1 aromatic heterocycles. The summed E-state index contributed by atoms with van der Waals surface area (Å²) in [5, 5.41) is 15.3. The standard InChI is InChI=1S/C19H21N5OS/c1-13-4-7-16(8-5-13)11-20-18(25)12-26-19-21-22-23-24(19)17-9-6-14(2)15(3)10-17/h4-10H,11-12H2,1-3H3,(H,20,25). The van der Waals surface area contributed by atoms with Crippen LogP contribution in [-0.4, -0.2) is 31.9 Å². The summed E-state index contributed by atoms with van der Waals surface area (Å²) in [6.07, 6.45) is 0. The van der Waals surface area contributed by atoms with Gasteiger partial charge in [0.25, 0.3) is 0 Å². The molecule has 1 heterocycles. The first-order valence-corrected chi connectivity index (χ1v) is 9.32. The van der Waals surface area contributed by atoms with Gasteiger partial charge in [0.15, 0.2) is 0 Å². The van der Waals surface area contributed by atoms with Crippen LogP contribution >= 0.6 is 11.8 Å². The van der Waals surface area contributed by atoms with Crippen molar-refractivity contribution in [3.05, 3.63) is 64.7 Å². The fraction of sp³-hybridized carbons (Fsp3) is 0.263.